The maximum absolute atomic E-state index is 13.5. The highest BCUT2D eigenvalue weighted by atomic mass is 32.2. The summed E-state index contributed by atoms with van der Waals surface area (Å²) >= 11 is 0. The van der Waals surface area contributed by atoms with Gasteiger partial charge in [0.25, 0.3) is 0 Å². The average Bonchev–Trinajstić information content (AvgIpc) is 3.26. The quantitative estimate of drug-likeness (QED) is 0.871. The van der Waals surface area contributed by atoms with Gasteiger partial charge in [0, 0.05) is 17.9 Å². The molecular formula is C17H18FNO3S. The van der Waals surface area contributed by atoms with Gasteiger partial charge in [-0.3, -0.25) is 0 Å². The molecule has 3 atom stereocenters. The zero-order valence-electron chi connectivity index (χ0n) is 12.4. The average molecular weight is 335 g/mol. The summed E-state index contributed by atoms with van der Waals surface area (Å²) in [6.45, 7) is -0.344. The fraction of sp³-hybridized carbons (Fsp3) is 0.294. The fourth-order valence-electron chi connectivity index (χ4n) is 3.40. The molecule has 0 unspecified atom stereocenters. The molecule has 0 bridgehead atoms. The summed E-state index contributed by atoms with van der Waals surface area (Å²) in [6.07, 6.45) is 0. The van der Waals surface area contributed by atoms with Gasteiger partial charge in [-0.15, -0.1) is 0 Å². The first-order valence-electron chi connectivity index (χ1n) is 7.33. The van der Waals surface area contributed by atoms with Crippen molar-refractivity contribution in [2.24, 2.45) is 11.1 Å². The van der Waals surface area contributed by atoms with E-state index in [0.29, 0.717) is 5.56 Å². The van der Waals surface area contributed by atoms with Crippen LogP contribution in [0.5, 0.6) is 0 Å². The molecule has 23 heavy (non-hydrogen) atoms. The minimum atomic E-state index is -3.67. The predicted molar refractivity (Wildman–Crippen MR) is 85.1 cm³/mol. The van der Waals surface area contributed by atoms with Gasteiger partial charge in [0.2, 0.25) is 0 Å². The molecule has 0 spiro atoms. The number of hydrogen-bond donors (Lipinski definition) is 2. The number of halogens is 1. The van der Waals surface area contributed by atoms with Crippen molar-refractivity contribution in [2.75, 3.05) is 13.2 Å². The van der Waals surface area contributed by atoms with Gasteiger partial charge in [0.15, 0.2) is 9.84 Å². The second-order valence-electron chi connectivity index (χ2n) is 5.91. The Morgan fingerprint density at radius 3 is 2.39 bits per heavy atom. The Hall–Kier alpha value is -1.76. The summed E-state index contributed by atoms with van der Waals surface area (Å²) in [5.41, 5.74) is 5.37. The Bertz CT molecular complexity index is 804. The molecule has 1 fully saturated rings. The first kappa shape index (κ1) is 16.1. The maximum Gasteiger partial charge on any atom is 0.182 e. The number of aliphatic hydroxyl groups is 1. The van der Waals surface area contributed by atoms with Crippen molar-refractivity contribution in [1.29, 1.82) is 0 Å². The van der Waals surface area contributed by atoms with Crippen molar-refractivity contribution in [1.82, 2.24) is 0 Å². The van der Waals surface area contributed by atoms with E-state index in [1.54, 1.807) is 24.3 Å². The van der Waals surface area contributed by atoms with E-state index < -0.39 is 32.2 Å². The second kappa shape index (κ2) is 5.70. The number of benzene rings is 2. The van der Waals surface area contributed by atoms with E-state index in [2.05, 4.69) is 0 Å². The number of aliphatic hydroxyl groups excluding tert-OH is 1. The molecule has 3 rings (SSSR count). The van der Waals surface area contributed by atoms with Crippen LogP contribution in [0.1, 0.15) is 11.5 Å². The van der Waals surface area contributed by atoms with Crippen LogP contribution in [0, 0.1) is 11.2 Å². The lowest BCUT2D eigenvalue weighted by Crippen LogP contribution is -2.27. The lowest BCUT2D eigenvalue weighted by molar-refractivity contribution is 0.212. The standard InChI is InChI=1S/C17H18FNO3S/c18-13-6-4-5-12(9-13)15-16(17(15,10-19)11-20)23(21,22)14-7-2-1-3-8-14/h1-9,15-16,20H,10-11,19H2/t15-,16+,17-/m0/s1. The fourth-order valence-corrected chi connectivity index (χ4v) is 5.87. The van der Waals surface area contributed by atoms with Crippen LogP contribution in [0.25, 0.3) is 0 Å². The molecule has 2 aromatic carbocycles. The Labute approximate surface area is 134 Å². The van der Waals surface area contributed by atoms with Crippen LogP contribution in [0.15, 0.2) is 59.5 Å². The smallest absolute Gasteiger partial charge is 0.182 e. The lowest BCUT2D eigenvalue weighted by atomic mass is 10.00. The van der Waals surface area contributed by atoms with Crippen LogP contribution in [-0.2, 0) is 9.84 Å². The van der Waals surface area contributed by atoms with E-state index in [4.69, 9.17) is 5.73 Å². The summed E-state index contributed by atoms with van der Waals surface area (Å²) < 4.78 is 39.4. The summed E-state index contributed by atoms with van der Waals surface area (Å²) in [4.78, 5) is 0.190. The van der Waals surface area contributed by atoms with Gasteiger partial charge in [-0.25, -0.2) is 12.8 Å². The Kier molecular flexibility index (Phi) is 4.00. The van der Waals surface area contributed by atoms with Crippen LogP contribution in [0.4, 0.5) is 4.39 Å². The lowest BCUT2D eigenvalue weighted by Gasteiger charge is -2.12. The third kappa shape index (κ3) is 2.47. The minimum absolute atomic E-state index is 0.0153. The Morgan fingerprint density at radius 2 is 1.83 bits per heavy atom. The molecule has 122 valence electrons. The SMILES string of the molecule is NC[C@@]1(CO)[C@H](S(=O)(=O)c2ccccc2)[C@@H]1c1cccc(F)c1. The predicted octanol–water partition coefficient (Wildman–Crippen LogP) is 1.70. The molecule has 3 N–H and O–H groups in total. The summed E-state index contributed by atoms with van der Waals surface area (Å²) in [5, 5.41) is 8.95. The zero-order valence-corrected chi connectivity index (χ0v) is 13.2. The molecule has 4 nitrogen and oxygen atoms in total. The molecule has 1 aliphatic carbocycles. The van der Waals surface area contributed by atoms with E-state index in [1.807, 2.05) is 0 Å². The van der Waals surface area contributed by atoms with Crippen LogP contribution in [0.2, 0.25) is 0 Å². The van der Waals surface area contributed by atoms with E-state index in [-0.39, 0.29) is 18.0 Å². The van der Waals surface area contributed by atoms with Crippen LogP contribution in [-0.4, -0.2) is 31.9 Å². The van der Waals surface area contributed by atoms with Gasteiger partial charge in [-0.1, -0.05) is 30.3 Å². The largest absolute Gasteiger partial charge is 0.396 e. The van der Waals surface area contributed by atoms with Gasteiger partial charge in [-0.05, 0) is 29.8 Å². The number of sulfone groups is 1. The van der Waals surface area contributed by atoms with E-state index in [1.165, 1.54) is 30.3 Å². The number of hydrogen-bond acceptors (Lipinski definition) is 4. The molecular weight excluding hydrogens is 317 g/mol. The number of rotatable bonds is 5. The molecule has 6 heteroatoms. The van der Waals surface area contributed by atoms with Crippen LogP contribution in [0.3, 0.4) is 0 Å². The van der Waals surface area contributed by atoms with Crippen LogP contribution >= 0.6 is 0 Å². The van der Waals surface area contributed by atoms with Gasteiger partial charge in [0.1, 0.15) is 5.82 Å². The van der Waals surface area contributed by atoms with E-state index >= 15 is 0 Å². The number of nitrogens with two attached hydrogens (primary N) is 1. The van der Waals surface area contributed by atoms with Crippen molar-refractivity contribution in [3.63, 3.8) is 0 Å². The van der Waals surface area contributed by atoms with Gasteiger partial charge < -0.3 is 10.8 Å². The molecule has 0 radical (unpaired) electrons. The minimum Gasteiger partial charge on any atom is -0.396 e. The molecule has 0 aromatic heterocycles. The molecule has 0 amide bonds. The molecule has 2 aromatic rings. The highest BCUT2D eigenvalue weighted by Gasteiger charge is 2.70. The zero-order chi connectivity index (χ0) is 16.7. The molecule has 1 aliphatic rings. The Morgan fingerprint density at radius 1 is 1.13 bits per heavy atom. The molecule has 0 saturated heterocycles. The maximum atomic E-state index is 13.5. The van der Waals surface area contributed by atoms with E-state index in [0.717, 1.165) is 0 Å². The highest BCUT2D eigenvalue weighted by molar-refractivity contribution is 7.92. The van der Waals surface area contributed by atoms with Crippen molar-refractivity contribution in [2.45, 2.75) is 16.1 Å². The van der Waals surface area contributed by atoms with Crippen molar-refractivity contribution in [3.05, 3.63) is 66.0 Å². The summed E-state index contributed by atoms with van der Waals surface area (Å²) in [6, 6.07) is 13.9. The highest BCUT2D eigenvalue weighted by Crippen LogP contribution is 2.63. The Balaban J connectivity index is 2.07. The first-order chi connectivity index (χ1) is 11.0. The van der Waals surface area contributed by atoms with Gasteiger partial charge >= 0.3 is 0 Å². The third-order valence-electron chi connectivity index (χ3n) is 4.67. The summed E-state index contributed by atoms with van der Waals surface area (Å²) in [5.74, 6) is -0.951. The second-order valence-corrected chi connectivity index (χ2v) is 7.98. The topological polar surface area (TPSA) is 80.4 Å². The summed E-state index contributed by atoms with van der Waals surface area (Å²) in [7, 11) is -3.67. The van der Waals surface area contributed by atoms with Crippen molar-refractivity contribution >= 4 is 9.84 Å². The first-order valence-corrected chi connectivity index (χ1v) is 8.87. The van der Waals surface area contributed by atoms with E-state index in [9.17, 15) is 17.9 Å². The van der Waals surface area contributed by atoms with Crippen molar-refractivity contribution < 1.29 is 17.9 Å². The van der Waals surface area contributed by atoms with Crippen LogP contribution < -0.4 is 5.73 Å². The van der Waals surface area contributed by atoms with Gasteiger partial charge in [-0.2, -0.15) is 0 Å². The monoisotopic (exact) mass is 335 g/mol. The van der Waals surface area contributed by atoms with Crippen molar-refractivity contribution in [3.8, 4) is 0 Å². The molecule has 0 heterocycles. The third-order valence-corrected chi connectivity index (χ3v) is 7.01. The molecule has 1 saturated carbocycles. The molecule has 0 aliphatic heterocycles. The normalized spacial score (nSPS) is 26.9. The van der Waals surface area contributed by atoms with Gasteiger partial charge in [0.05, 0.1) is 16.8 Å².